The van der Waals surface area contributed by atoms with Crippen molar-refractivity contribution in [2.24, 2.45) is 9.98 Å². The summed E-state index contributed by atoms with van der Waals surface area (Å²) in [5, 5.41) is 3.09. The van der Waals surface area contributed by atoms with Gasteiger partial charge in [0.2, 0.25) is 5.96 Å². The van der Waals surface area contributed by atoms with Gasteiger partial charge in [-0.15, -0.1) is 11.6 Å². The highest BCUT2D eigenvalue weighted by molar-refractivity contribution is 6.21. The number of halogens is 1. The molecule has 1 atom stereocenters. The predicted octanol–water partition coefficient (Wildman–Crippen LogP) is 2.70. The Kier molecular flexibility index (Phi) is 4.15. The lowest BCUT2D eigenvalue weighted by molar-refractivity contribution is 0.821. The quantitative estimate of drug-likeness (QED) is 0.822. The number of alkyl halides is 1. The Labute approximate surface area is 107 Å². The molecule has 0 fully saturated rings. The lowest BCUT2D eigenvalue weighted by Gasteiger charge is -2.13. The minimum absolute atomic E-state index is 0.0598. The van der Waals surface area contributed by atoms with Crippen LogP contribution in [0.4, 0.5) is 0 Å². The molecule has 2 rings (SSSR count). The number of benzene rings is 1. The molecule has 0 radical (unpaired) electrons. The molecule has 0 spiro atoms. The smallest absolute Gasteiger partial charge is 0.217 e. The summed E-state index contributed by atoms with van der Waals surface area (Å²) < 4.78 is 0. The molecular weight excluding hydrogens is 234 g/mol. The second-order valence-corrected chi connectivity index (χ2v) is 4.59. The molecule has 1 aromatic carbocycles. The SMILES string of the molecule is Cc1ccc(C(Cl)CNC2=NCCC=N2)cc1. The molecule has 0 aromatic heterocycles. The molecule has 3 nitrogen and oxygen atoms in total. The van der Waals surface area contributed by atoms with Crippen molar-refractivity contribution in [1.29, 1.82) is 0 Å². The zero-order chi connectivity index (χ0) is 12.1. The second-order valence-electron chi connectivity index (χ2n) is 4.06. The Morgan fingerprint density at radius 2 is 2.12 bits per heavy atom. The van der Waals surface area contributed by atoms with Crippen molar-refractivity contribution >= 4 is 23.8 Å². The fourth-order valence-corrected chi connectivity index (χ4v) is 1.82. The van der Waals surface area contributed by atoms with Crippen molar-refractivity contribution in [1.82, 2.24) is 5.32 Å². The largest absolute Gasteiger partial charge is 0.353 e. The molecule has 1 heterocycles. The molecular formula is C13H16ClN3. The summed E-state index contributed by atoms with van der Waals surface area (Å²) in [6.45, 7) is 3.51. The molecule has 1 aromatic rings. The van der Waals surface area contributed by atoms with Gasteiger partial charge in [0.05, 0.1) is 5.38 Å². The number of aliphatic imine (C=N–C) groups is 2. The van der Waals surface area contributed by atoms with Crippen molar-refractivity contribution in [3.05, 3.63) is 35.4 Å². The Bertz CT molecular complexity index is 423. The summed E-state index contributed by atoms with van der Waals surface area (Å²) in [5.41, 5.74) is 2.36. The van der Waals surface area contributed by atoms with Crippen LogP contribution in [-0.2, 0) is 0 Å². The summed E-state index contributed by atoms with van der Waals surface area (Å²) >= 11 is 6.31. The molecule has 4 heteroatoms. The lowest BCUT2D eigenvalue weighted by Crippen LogP contribution is -2.27. The van der Waals surface area contributed by atoms with Crippen LogP contribution in [0, 0.1) is 6.92 Å². The molecule has 1 N–H and O–H groups in total. The van der Waals surface area contributed by atoms with Crippen LogP contribution in [0.2, 0.25) is 0 Å². The third-order valence-corrected chi connectivity index (χ3v) is 3.02. The second kappa shape index (κ2) is 5.82. The van der Waals surface area contributed by atoms with Crippen molar-refractivity contribution in [2.45, 2.75) is 18.7 Å². The lowest BCUT2D eigenvalue weighted by atomic mass is 10.1. The maximum absolute atomic E-state index is 6.31. The van der Waals surface area contributed by atoms with Gasteiger partial charge in [0, 0.05) is 25.7 Å². The van der Waals surface area contributed by atoms with Crippen LogP contribution in [0.25, 0.3) is 0 Å². The monoisotopic (exact) mass is 249 g/mol. The molecule has 90 valence electrons. The van der Waals surface area contributed by atoms with E-state index in [1.54, 1.807) is 0 Å². The molecule has 0 bridgehead atoms. The van der Waals surface area contributed by atoms with E-state index in [4.69, 9.17) is 11.6 Å². The van der Waals surface area contributed by atoms with Gasteiger partial charge in [0.1, 0.15) is 0 Å². The Morgan fingerprint density at radius 3 is 2.76 bits per heavy atom. The molecule has 17 heavy (non-hydrogen) atoms. The maximum Gasteiger partial charge on any atom is 0.217 e. The molecule has 0 saturated heterocycles. The average molecular weight is 250 g/mol. The number of rotatable bonds is 3. The fourth-order valence-electron chi connectivity index (χ4n) is 1.60. The molecule has 0 saturated carbocycles. The Hall–Kier alpha value is -1.35. The first kappa shape index (κ1) is 12.1. The Morgan fingerprint density at radius 1 is 1.35 bits per heavy atom. The number of nitrogens with zero attached hydrogens (tertiary/aromatic N) is 2. The Balaban J connectivity index is 1.88. The van der Waals surface area contributed by atoms with E-state index in [1.165, 1.54) is 5.56 Å². The van der Waals surface area contributed by atoms with E-state index in [1.807, 2.05) is 6.21 Å². The molecule has 1 aliphatic rings. The highest BCUT2D eigenvalue weighted by Gasteiger charge is 2.08. The number of aryl methyl sites for hydroxylation is 1. The van der Waals surface area contributed by atoms with E-state index in [0.717, 1.165) is 18.5 Å². The zero-order valence-electron chi connectivity index (χ0n) is 9.86. The number of nitrogens with one attached hydrogen (secondary N) is 1. The van der Waals surface area contributed by atoms with Crippen LogP contribution in [0.1, 0.15) is 22.9 Å². The molecule has 0 aliphatic carbocycles. The average Bonchev–Trinajstić information content (AvgIpc) is 2.38. The summed E-state index contributed by atoms with van der Waals surface area (Å²) in [5.74, 6) is 0.689. The van der Waals surface area contributed by atoms with Crippen LogP contribution in [-0.4, -0.2) is 25.3 Å². The van der Waals surface area contributed by atoms with Crippen molar-refractivity contribution in [2.75, 3.05) is 13.1 Å². The van der Waals surface area contributed by atoms with E-state index in [0.29, 0.717) is 12.5 Å². The van der Waals surface area contributed by atoms with Crippen LogP contribution in [0.5, 0.6) is 0 Å². The van der Waals surface area contributed by atoms with Crippen LogP contribution >= 0.6 is 11.6 Å². The third-order valence-electron chi connectivity index (χ3n) is 2.61. The standard InChI is InChI=1S/C13H16ClN3/c1-10-3-5-11(6-4-10)12(14)9-17-13-15-7-2-8-16-13/h3-7,12H,2,8-9H2,1H3,(H,16,17). The minimum atomic E-state index is -0.0598. The van der Waals surface area contributed by atoms with Gasteiger partial charge in [-0.25, -0.2) is 4.99 Å². The minimum Gasteiger partial charge on any atom is -0.353 e. The van der Waals surface area contributed by atoms with Gasteiger partial charge in [-0.2, -0.15) is 0 Å². The predicted molar refractivity (Wildman–Crippen MR) is 73.2 cm³/mol. The summed E-state index contributed by atoms with van der Waals surface area (Å²) in [7, 11) is 0. The first-order valence-corrected chi connectivity index (χ1v) is 6.21. The number of hydrogen-bond donors (Lipinski definition) is 1. The molecule has 1 aliphatic heterocycles. The van der Waals surface area contributed by atoms with Gasteiger partial charge < -0.3 is 5.32 Å². The van der Waals surface area contributed by atoms with Gasteiger partial charge in [-0.05, 0) is 12.5 Å². The summed E-state index contributed by atoms with van der Waals surface area (Å²) in [4.78, 5) is 8.42. The van der Waals surface area contributed by atoms with Crippen LogP contribution < -0.4 is 5.32 Å². The topological polar surface area (TPSA) is 36.8 Å². The molecule has 0 amide bonds. The number of hydrogen-bond acceptors (Lipinski definition) is 3. The van der Waals surface area contributed by atoms with Crippen molar-refractivity contribution in [3.63, 3.8) is 0 Å². The van der Waals surface area contributed by atoms with E-state index in [9.17, 15) is 0 Å². The zero-order valence-corrected chi connectivity index (χ0v) is 10.6. The van der Waals surface area contributed by atoms with Crippen molar-refractivity contribution < 1.29 is 0 Å². The van der Waals surface area contributed by atoms with E-state index >= 15 is 0 Å². The first-order valence-electron chi connectivity index (χ1n) is 5.77. The van der Waals surface area contributed by atoms with E-state index in [-0.39, 0.29) is 5.38 Å². The van der Waals surface area contributed by atoms with Gasteiger partial charge in [-0.3, -0.25) is 4.99 Å². The third kappa shape index (κ3) is 3.56. The summed E-state index contributed by atoms with van der Waals surface area (Å²) in [6, 6.07) is 8.25. The van der Waals surface area contributed by atoms with Gasteiger partial charge in [-0.1, -0.05) is 29.8 Å². The summed E-state index contributed by atoms with van der Waals surface area (Å²) in [6.07, 6.45) is 2.80. The van der Waals surface area contributed by atoms with Gasteiger partial charge >= 0.3 is 0 Å². The maximum atomic E-state index is 6.31. The van der Waals surface area contributed by atoms with Gasteiger partial charge in [0.15, 0.2) is 0 Å². The highest BCUT2D eigenvalue weighted by atomic mass is 35.5. The van der Waals surface area contributed by atoms with E-state index < -0.39 is 0 Å². The normalized spacial score (nSPS) is 16.5. The van der Waals surface area contributed by atoms with Crippen LogP contribution in [0.15, 0.2) is 34.3 Å². The van der Waals surface area contributed by atoms with Gasteiger partial charge in [0.25, 0.3) is 0 Å². The fraction of sp³-hybridized carbons (Fsp3) is 0.385. The van der Waals surface area contributed by atoms with Crippen LogP contribution in [0.3, 0.4) is 0 Å². The van der Waals surface area contributed by atoms with E-state index in [2.05, 4.69) is 46.5 Å². The van der Waals surface area contributed by atoms with Crippen molar-refractivity contribution in [3.8, 4) is 0 Å². The highest BCUT2D eigenvalue weighted by Crippen LogP contribution is 2.19. The first-order chi connectivity index (χ1) is 8.25. The number of guanidine groups is 1. The molecule has 1 unspecified atom stereocenters.